The van der Waals surface area contributed by atoms with Crippen LogP contribution >= 0.6 is 0 Å². The lowest BCUT2D eigenvalue weighted by molar-refractivity contribution is 0.0696. The van der Waals surface area contributed by atoms with Gasteiger partial charge in [0.1, 0.15) is 5.82 Å². The van der Waals surface area contributed by atoms with E-state index in [-0.39, 0.29) is 11.7 Å². The van der Waals surface area contributed by atoms with Crippen molar-refractivity contribution in [1.82, 2.24) is 4.98 Å². The largest absolute Gasteiger partial charge is 0.478 e. The molecule has 0 aliphatic heterocycles. The molecule has 0 amide bonds. The molecule has 0 aromatic carbocycles. The topological polar surface area (TPSA) is 71.5 Å². The molecule has 1 heterocycles. The molecule has 0 radical (unpaired) electrons. The van der Waals surface area contributed by atoms with Gasteiger partial charge < -0.3 is 15.2 Å². The maximum Gasteiger partial charge on any atom is 0.335 e. The number of carbonyl (C=O) groups is 1. The Labute approximate surface area is 114 Å². The predicted molar refractivity (Wildman–Crippen MR) is 74.7 cm³/mol. The van der Waals surface area contributed by atoms with Crippen LogP contribution in [0.2, 0.25) is 0 Å². The number of unbranched alkanes of at least 4 members (excludes halogenated alkanes) is 1. The van der Waals surface area contributed by atoms with E-state index in [9.17, 15) is 4.79 Å². The first-order valence-corrected chi connectivity index (χ1v) is 6.56. The molecule has 1 aromatic rings. The Morgan fingerprint density at radius 1 is 1.42 bits per heavy atom. The van der Waals surface area contributed by atoms with Gasteiger partial charge in [-0.1, -0.05) is 0 Å². The lowest BCUT2D eigenvalue weighted by atomic mass is 10.2. The van der Waals surface area contributed by atoms with E-state index in [1.807, 2.05) is 13.8 Å². The molecule has 0 aliphatic rings. The summed E-state index contributed by atoms with van der Waals surface area (Å²) >= 11 is 0. The van der Waals surface area contributed by atoms with Crippen molar-refractivity contribution in [2.75, 3.05) is 18.5 Å². The fourth-order valence-electron chi connectivity index (χ4n) is 1.65. The summed E-state index contributed by atoms with van der Waals surface area (Å²) in [5.41, 5.74) is 0.962. The van der Waals surface area contributed by atoms with Crippen LogP contribution < -0.4 is 5.32 Å². The van der Waals surface area contributed by atoms with E-state index in [0.29, 0.717) is 11.5 Å². The molecule has 5 nitrogen and oxygen atoms in total. The first kappa shape index (κ1) is 15.4. The van der Waals surface area contributed by atoms with E-state index in [1.165, 1.54) is 0 Å². The van der Waals surface area contributed by atoms with Crippen LogP contribution in [0.1, 0.15) is 42.7 Å². The van der Waals surface area contributed by atoms with Gasteiger partial charge in [0.05, 0.1) is 11.7 Å². The van der Waals surface area contributed by atoms with Gasteiger partial charge in [-0.05, 0) is 45.7 Å². The van der Waals surface area contributed by atoms with E-state index in [4.69, 9.17) is 9.84 Å². The fourth-order valence-corrected chi connectivity index (χ4v) is 1.65. The Hall–Kier alpha value is -1.62. The number of aromatic carboxylic acids is 1. The maximum absolute atomic E-state index is 10.9. The smallest absolute Gasteiger partial charge is 0.335 e. The van der Waals surface area contributed by atoms with Crippen LogP contribution in [0.15, 0.2) is 12.1 Å². The number of aryl methyl sites for hydroxylation is 1. The summed E-state index contributed by atoms with van der Waals surface area (Å²) < 4.78 is 5.44. The van der Waals surface area contributed by atoms with Gasteiger partial charge in [-0.2, -0.15) is 0 Å². The second kappa shape index (κ2) is 7.74. The highest BCUT2D eigenvalue weighted by atomic mass is 16.5. The molecule has 0 aliphatic carbocycles. The van der Waals surface area contributed by atoms with Crippen LogP contribution in [-0.4, -0.2) is 35.3 Å². The third-order valence-corrected chi connectivity index (χ3v) is 2.53. The standard InChI is InChI=1S/C14H22N2O3/c1-10(2)19-7-5-4-6-15-13-9-12(14(17)18)8-11(3)16-13/h8-10H,4-7H2,1-3H3,(H,15,16)(H,17,18). The normalized spacial score (nSPS) is 10.7. The maximum atomic E-state index is 10.9. The van der Waals surface area contributed by atoms with Gasteiger partial charge in [0.25, 0.3) is 0 Å². The van der Waals surface area contributed by atoms with E-state index in [1.54, 1.807) is 19.1 Å². The summed E-state index contributed by atoms with van der Waals surface area (Å²) in [6.45, 7) is 7.33. The number of rotatable bonds is 8. The Morgan fingerprint density at radius 2 is 2.16 bits per heavy atom. The molecular formula is C14H22N2O3. The van der Waals surface area contributed by atoms with Gasteiger partial charge in [0, 0.05) is 18.8 Å². The fraction of sp³-hybridized carbons (Fsp3) is 0.571. The van der Waals surface area contributed by atoms with Crippen LogP contribution in [0.4, 0.5) is 5.82 Å². The molecule has 1 rings (SSSR count). The number of aromatic nitrogens is 1. The predicted octanol–water partition coefficient (Wildman–Crippen LogP) is 2.71. The van der Waals surface area contributed by atoms with Gasteiger partial charge in [-0.15, -0.1) is 0 Å². The van der Waals surface area contributed by atoms with Gasteiger partial charge in [0.15, 0.2) is 0 Å². The third-order valence-electron chi connectivity index (χ3n) is 2.53. The molecule has 0 bridgehead atoms. The zero-order valence-electron chi connectivity index (χ0n) is 11.8. The molecule has 19 heavy (non-hydrogen) atoms. The molecule has 0 fully saturated rings. The van der Waals surface area contributed by atoms with Crippen LogP contribution in [-0.2, 0) is 4.74 Å². The quantitative estimate of drug-likeness (QED) is 0.708. The average molecular weight is 266 g/mol. The Balaban J connectivity index is 2.35. The third kappa shape index (κ3) is 6.20. The minimum absolute atomic E-state index is 0.262. The molecule has 0 spiro atoms. The molecule has 0 saturated carbocycles. The number of pyridine rings is 1. The van der Waals surface area contributed by atoms with Crippen molar-refractivity contribution in [3.8, 4) is 0 Å². The summed E-state index contributed by atoms with van der Waals surface area (Å²) in [6, 6.07) is 3.12. The first-order chi connectivity index (χ1) is 8.99. The summed E-state index contributed by atoms with van der Waals surface area (Å²) in [5, 5.41) is 12.1. The Kier molecular flexibility index (Phi) is 6.29. The number of hydrogen-bond acceptors (Lipinski definition) is 4. The number of ether oxygens (including phenoxy) is 1. The van der Waals surface area contributed by atoms with Crippen molar-refractivity contribution in [3.05, 3.63) is 23.4 Å². The summed E-state index contributed by atoms with van der Waals surface area (Å²) in [7, 11) is 0. The van der Waals surface area contributed by atoms with Crippen molar-refractivity contribution in [2.45, 2.75) is 39.7 Å². The summed E-state index contributed by atoms with van der Waals surface area (Å²) in [5.74, 6) is -0.318. The molecule has 5 heteroatoms. The molecule has 1 aromatic heterocycles. The first-order valence-electron chi connectivity index (χ1n) is 6.56. The lowest BCUT2D eigenvalue weighted by Gasteiger charge is -2.09. The van der Waals surface area contributed by atoms with Crippen LogP contribution in [0, 0.1) is 6.92 Å². The highest BCUT2D eigenvalue weighted by Gasteiger charge is 2.06. The minimum atomic E-state index is -0.932. The van der Waals surface area contributed by atoms with Crippen LogP contribution in [0.25, 0.3) is 0 Å². The molecule has 0 saturated heterocycles. The van der Waals surface area contributed by atoms with E-state index < -0.39 is 5.97 Å². The van der Waals surface area contributed by atoms with Crippen molar-refractivity contribution in [2.24, 2.45) is 0 Å². The summed E-state index contributed by atoms with van der Waals surface area (Å²) in [6.07, 6.45) is 2.21. The van der Waals surface area contributed by atoms with Crippen molar-refractivity contribution in [3.63, 3.8) is 0 Å². The number of nitrogens with zero attached hydrogens (tertiary/aromatic N) is 1. The minimum Gasteiger partial charge on any atom is -0.478 e. The van der Waals surface area contributed by atoms with Gasteiger partial charge in [-0.25, -0.2) is 9.78 Å². The molecule has 0 atom stereocenters. The van der Waals surface area contributed by atoms with Crippen molar-refractivity contribution in [1.29, 1.82) is 0 Å². The number of carboxylic acids is 1. The molecule has 0 unspecified atom stereocenters. The van der Waals surface area contributed by atoms with Gasteiger partial charge in [0.2, 0.25) is 0 Å². The molecule has 106 valence electrons. The second-order valence-corrected chi connectivity index (χ2v) is 4.74. The zero-order chi connectivity index (χ0) is 14.3. The van der Waals surface area contributed by atoms with E-state index >= 15 is 0 Å². The second-order valence-electron chi connectivity index (χ2n) is 4.74. The number of nitrogens with one attached hydrogen (secondary N) is 1. The highest BCUT2D eigenvalue weighted by molar-refractivity contribution is 5.88. The van der Waals surface area contributed by atoms with Gasteiger partial charge >= 0.3 is 5.97 Å². The van der Waals surface area contributed by atoms with Crippen molar-refractivity contribution < 1.29 is 14.6 Å². The number of anilines is 1. The lowest BCUT2D eigenvalue weighted by Crippen LogP contribution is -2.09. The van der Waals surface area contributed by atoms with Crippen LogP contribution in [0.5, 0.6) is 0 Å². The highest BCUT2D eigenvalue weighted by Crippen LogP contribution is 2.10. The van der Waals surface area contributed by atoms with Crippen molar-refractivity contribution >= 4 is 11.8 Å². The average Bonchev–Trinajstić information content (AvgIpc) is 2.32. The Bertz CT molecular complexity index is 419. The molecule has 2 N–H and O–H groups in total. The number of carboxylic acid groups (broad SMARTS) is 1. The zero-order valence-corrected chi connectivity index (χ0v) is 11.8. The summed E-state index contributed by atoms with van der Waals surface area (Å²) in [4.78, 5) is 15.2. The van der Waals surface area contributed by atoms with Crippen LogP contribution in [0.3, 0.4) is 0 Å². The SMILES string of the molecule is Cc1cc(C(=O)O)cc(NCCCCOC(C)C)n1. The van der Waals surface area contributed by atoms with Gasteiger partial charge in [-0.3, -0.25) is 0 Å². The number of hydrogen-bond donors (Lipinski definition) is 2. The molecular weight excluding hydrogens is 244 g/mol. The Morgan fingerprint density at radius 3 is 2.79 bits per heavy atom. The van der Waals surface area contributed by atoms with E-state index in [0.717, 1.165) is 26.0 Å². The monoisotopic (exact) mass is 266 g/mol. The van der Waals surface area contributed by atoms with E-state index in [2.05, 4.69) is 10.3 Å².